The van der Waals surface area contributed by atoms with Crippen LogP contribution >= 0.6 is 11.8 Å². The summed E-state index contributed by atoms with van der Waals surface area (Å²) >= 11 is 1.84. The number of thioether (sulfide) groups is 1. The molecule has 0 fully saturated rings. The molecule has 19 heavy (non-hydrogen) atoms. The van der Waals surface area contributed by atoms with E-state index in [1.807, 2.05) is 30.8 Å². The first kappa shape index (κ1) is 15.9. The van der Waals surface area contributed by atoms with Gasteiger partial charge in [0.15, 0.2) is 0 Å². The van der Waals surface area contributed by atoms with Crippen LogP contribution in [-0.4, -0.2) is 29.5 Å². The summed E-state index contributed by atoms with van der Waals surface area (Å²) < 4.78 is 0. The zero-order valence-electron chi connectivity index (χ0n) is 11.7. The van der Waals surface area contributed by atoms with Crippen molar-refractivity contribution in [2.45, 2.75) is 37.3 Å². The molecule has 0 saturated carbocycles. The number of anilines is 1. The van der Waals surface area contributed by atoms with E-state index < -0.39 is 0 Å². The third kappa shape index (κ3) is 5.53. The van der Waals surface area contributed by atoms with Crippen molar-refractivity contribution in [1.82, 2.24) is 5.32 Å². The molecule has 2 amide bonds. The van der Waals surface area contributed by atoms with E-state index in [9.17, 15) is 4.79 Å². The molecule has 5 heteroatoms. The molecule has 0 aliphatic rings. The highest BCUT2D eigenvalue weighted by Crippen LogP contribution is 2.28. The van der Waals surface area contributed by atoms with Crippen LogP contribution in [0.4, 0.5) is 10.5 Å². The Morgan fingerprint density at radius 2 is 2.21 bits per heavy atom. The van der Waals surface area contributed by atoms with Crippen molar-refractivity contribution >= 4 is 23.5 Å². The molecule has 0 unspecified atom stereocenters. The Morgan fingerprint density at radius 1 is 1.47 bits per heavy atom. The smallest absolute Gasteiger partial charge is 0.319 e. The lowest BCUT2D eigenvalue weighted by atomic mass is 10.2. The maximum Gasteiger partial charge on any atom is 0.319 e. The minimum absolute atomic E-state index is 0.0586. The van der Waals surface area contributed by atoms with Crippen LogP contribution in [0.3, 0.4) is 0 Å². The van der Waals surface area contributed by atoms with Crippen molar-refractivity contribution in [2.24, 2.45) is 0 Å². The standard InChI is InChI=1S/C14H22N2O2S/c1-4-11(3)19-12-5-6-13(10(2)9-12)16-14(18)15-7-8-17/h5-6,9,11,17H,4,7-8H2,1-3H3,(H2,15,16,18)/t11-/m0/s1. The molecular formula is C14H22N2O2S. The molecule has 1 rings (SSSR count). The fourth-order valence-corrected chi connectivity index (χ4v) is 2.52. The Kier molecular flexibility index (Phi) is 6.73. The van der Waals surface area contributed by atoms with Crippen LogP contribution in [0.2, 0.25) is 0 Å². The SMILES string of the molecule is CC[C@H](C)Sc1ccc(NC(=O)NCCO)c(C)c1. The van der Waals surface area contributed by atoms with Gasteiger partial charge in [0.1, 0.15) is 0 Å². The van der Waals surface area contributed by atoms with Crippen LogP contribution in [0.25, 0.3) is 0 Å². The Labute approximate surface area is 119 Å². The lowest BCUT2D eigenvalue weighted by Gasteiger charge is -2.12. The predicted octanol–water partition coefficient (Wildman–Crippen LogP) is 3.00. The van der Waals surface area contributed by atoms with Crippen molar-refractivity contribution in [3.63, 3.8) is 0 Å². The molecule has 1 atom stereocenters. The van der Waals surface area contributed by atoms with Crippen molar-refractivity contribution in [3.05, 3.63) is 23.8 Å². The first-order valence-electron chi connectivity index (χ1n) is 6.49. The minimum Gasteiger partial charge on any atom is -0.395 e. The van der Waals surface area contributed by atoms with E-state index in [1.165, 1.54) is 4.90 Å². The number of urea groups is 1. The number of amides is 2. The van der Waals surface area contributed by atoms with Gasteiger partial charge in [-0.3, -0.25) is 0 Å². The molecule has 0 aromatic heterocycles. The molecule has 0 spiro atoms. The molecule has 0 bridgehead atoms. The van der Waals surface area contributed by atoms with Crippen molar-refractivity contribution < 1.29 is 9.90 Å². The van der Waals surface area contributed by atoms with Crippen molar-refractivity contribution in [1.29, 1.82) is 0 Å². The maximum atomic E-state index is 11.5. The minimum atomic E-state index is -0.292. The summed E-state index contributed by atoms with van der Waals surface area (Å²) in [5.41, 5.74) is 1.83. The quantitative estimate of drug-likeness (QED) is 0.703. The second kappa shape index (κ2) is 8.07. The Balaban J connectivity index is 2.64. The summed E-state index contributed by atoms with van der Waals surface area (Å²) in [5, 5.41) is 14.6. The van der Waals surface area contributed by atoms with Crippen LogP contribution < -0.4 is 10.6 Å². The van der Waals surface area contributed by atoms with Gasteiger partial charge in [0.2, 0.25) is 0 Å². The Bertz CT molecular complexity index is 424. The van der Waals surface area contributed by atoms with E-state index in [1.54, 1.807) is 0 Å². The zero-order valence-corrected chi connectivity index (χ0v) is 12.5. The molecule has 0 heterocycles. The van der Waals surface area contributed by atoms with Crippen LogP contribution in [0, 0.1) is 6.92 Å². The Hall–Kier alpha value is -1.20. The van der Waals surface area contributed by atoms with Gasteiger partial charge in [0.05, 0.1) is 6.61 Å². The van der Waals surface area contributed by atoms with Gasteiger partial charge >= 0.3 is 6.03 Å². The molecule has 1 aromatic rings. The van der Waals surface area contributed by atoms with Gasteiger partial charge in [-0.2, -0.15) is 0 Å². The summed E-state index contributed by atoms with van der Waals surface area (Å²) in [7, 11) is 0. The van der Waals surface area contributed by atoms with Gasteiger partial charge in [0, 0.05) is 22.4 Å². The zero-order chi connectivity index (χ0) is 14.3. The average molecular weight is 282 g/mol. The molecule has 0 aliphatic carbocycles. The summed E-state index contributed by atoms with van der Waals surface area (Å²) in [6.07, 6.45) is 1.13. The number of carbonyl (C=O) groups is 1. The monoisotopic (exact) mass is 282 g/mol. The topological polar surface area (TPSA) is 61.4 Å². The van der Waals surface area contributed by atoms with E-state index in [2.05, 4.69) is 30.5 Å². The fourth-order valence-electron chi connectivity index (χ4n) is 1.50. The number of aliphatic hydroxyl groups excluding tert-OH is 1. The van der Waals surface area contributed by atoms with E-state index in [4.69, 9.17) is 5.11 Å². The second-order valence-corrected chi connectivity index (χ2v) is 5.93. The highest BCUT2D eigenvalue weighted by molar-refractivity contribution is 7.99. The number of benzene rings is 1. The number of aryl methyl sites for hydroxylation is 1. The molecule has 0 radical (unpaired) electrons. The van der Waals surface area contributed by atoms with Crippen molar-refractivity contribution in [3.8, 4) is 0 Å². The van der Waals surface area contributed by atoms with E-state index in [-0.39, 0.29) is 19.2 Å². The predicted molar refractivity (Wildman–Crippen MR) is 80.9 cm³/mol. The molecule has 4 nitrogen and oxygen atoms in total. The lowest BCUT2D eigenvalue weighted by Crippen LogP contribution is -2.31. The normalized spacial score (nSPS) is 12.0. The summed E-state index contributed by atoms with van der Waals surface area (Å²) in [6.45, 7) is 6.55. The average Bonchev–Trinajstić information content (AvgIpc) is 2.39. The maximum absolute atomic E-state index is 11.5. The lowest BCUT2D eigenvalue weighted by molar-refractivity contribution is 0.245. The number of hydrogen-bond donors (Lipinski definition) is 3. The molecular weight excluding hydrogens is 260 g/mol. The van der Waals surface area contributed by atoms with E-state index >= 15 is 0 Å². The van der Waals surface area contributed by atoms with E-state index in [0.717, 1.165) is 17.7 Å². The Morgan fingerprint density at radius 3 is 2.79 bits per heavy atom. The number of carbonyl (C=O) groups excluding carboxylic acids is 1. The van der Waals surface area contributed by atoms with Crippen LogP contribution in [0.15, 0.2) is 23.1 Å². The molecule has 3 N–H and O–H groups in total. The first-order chi connectivity index (χ1) is 9.06. The molecule has 0 saturated heterocycles. The van der Waals surface area contributed by atoms with Crippen LogP contribution in [0.5, 0.6) is 0 Å². The van der Waals surface area contributed by atoms with Gasteiger partial charge < -0.3 is 15.7 Å². The third-order valence-corrected chi connectivity index (χ3v) is 4.02. The van der Waals surface area contributed by atoms with Gasteiger partial charge in [0.25, 0.3) is 0 Å². The van der Waals surface area contributed by atoms with Crippen LogP contribution in [0.1, 0.15) is 25.8 Å². The largest absolute Gasteiger partial charge is 0.395 e. The highest BCUT2D eigenvalue weighted by atomic mass is 32.2. The van der Waals surface area contributed by atoms with Gasteiger partial charge in [-0.05, 0) is 37.1 Å². The number of rotatable bonds is 6. The van der Waals surface area contributed by atoms with Crippen molar-refractivity contribution in [2.75, 3.05) is 18.5 Å². The number of aliphatic hydroxyl groups is 1. The number of hydrogen-bond acceptors (Lipinski definition) is 3. The number of nitrogens with one attached hydrogen (secondary N) is 2. The molecule has 106 valence electrons. The summed E-state index contributed by atoms with van der Waals surface area (Å²) in [4.78, 5) is 12.7. The third-order valence-electron chi connectivity index (χ3n) is 2.76. The fraction of sp³-hybridized carbons (Fsp3) is 0.500. The summed E-state index contributed by atoms with van der Waals surface area (Å²) in [6, 6.07) is 5.72. The first-order valence-corrected chi connectivity index (χ1v) is 7.37. The second-order valence-electron chi connectivity index (χ2n) is 4.42. The molecule has 1 aromatic carbocycles. The van der Waals surface area contributed by atoms with Gasteiger partial charge in [-0.15, -0.1) is 11.8 Å². The summed E-state index contributed by atoms with van der Waals surface area (Å²) in [5.74, 6) is 0. The van der Waals surface area contributed by atoms with Crippen LogP contribution in [-0.2, 0) is 0 Å². The van der Waals surface area contributed by atoms with Gasteiger partial charge in [-0.1, -0.05) is 13.8 Å². The van der Waals surface area contributed by atoms with Gasteiger partial charge in [-0.25, -0.2) is 4.79 Å². The van der Waals surface area contributed by atoms with E-state index in [0.29, 0.717) is 5.25 Å². The highest BCUT2D eigenvalue weighted by Gasteiger charge is 2.06. The molecule has 0 aliphatic heterocycles.